The van der Waals surface area contributed by atoms with Crippen LogP contribution in [0.4, 0.5) is 8.78 Å². The van der Waals surface area contributed by atoms with E-state index in [-0.39, 0.29) is 18.0 Å². The lowest BCUT2D eigenvalue weighted by molar-refractivity contribution is -0.00000847. The van der Waals surface area contributed by atoms with Gasteiger partial charge >= 0.3 is 0 Å². The maximum Gasteiger partial charge on any atom is 0.170 e. The van der Waals surface area contributed by atoms with Crippen LogP contribution in [0.3, 0.4) is 0 Å². The van der Waals surface area contributed by atoms with Gasteiger partial charge in [0.2, 0.25) is 0 Å². The van der Waals surface area contributed by atoms with Gasteiger partial charge in [0.15, 0.2) is 6.35 Å². The fraction of sp³-hybridized carbons (Fsp3) is 0.103. The number of hydrogen-bond donors (Lipinski definition) is 0. The molecule has 2 nitrogen and oxygen atoms in total. The molecule has 36 heavy (non-hydrogen) atoms. The molecule has 0 unspecified atom stereocenters. The van der Waals surface area contributed by atoms with Crippen molar-refractivity contribution in [3.63, 3.8) is 0 Å². The van der Waals surface area contributed by atoms with Gasteiger partial charge in [-0.2, -0.15) is 0 Å². The topological polar surface area (TPSA) is 18.5 Å². The number of methoxy groups -OCH3 is 2. The molecule has 0 saturated carbocycles. The van der Waals surface area contributed by atoms with Crippen LogP contribution in [0.1, 0.15) is 5.56 Å². The summed E-state index contributed by atoms with van der Waals surface area (Å²) in [7, 11) is 1.43. The zero-order valence-electron chi connectivity index (χ0n) is 20.0. The van der Waals surface area contributed by atoms with Crippen LogP contribution in [0, 0.1) is 11.6 Å². The molecule has 0 aliphatic rings. The van der Waals surface area contributed by atoms with Gasteiger partial charge in [-0.15, -0.1) is 0 Å². The largest absolute Gasteiger partial charge is 1.00 e. The molecule has 0 saturated heterocycles. The molecule has 4 rings (SSSR count). The Labute approximate surface area is 226 Å². The van der Waals surface area contributed by atoms with Gasteiger partial charge in [-0.05, 0) is 54.6 Å². The fourth-order valence-corrected chi connectivity index (χ4v) is 7.93. The van der Waals surface area contributed by atoms with E-state index in [1.54, 1.807) is 7.11 Å². The van der Waals surface area contributed by atoms with Gasteiger partial charge in [0.25, 0.3) is 0 Å². The molecule has 0 amide bonds. The Balaban J connectivity index is 0.000000281. The SMILES string of the molecule is COC=Cc1c(F)cc(Br)cc1F.COC[P+](c1ccccc1)(c1ccccc1)c1ccccc1.[Cl-]. The van der Waals surface area contributed by atoms with Crippen LogP contribution in [0.5, 0.6) is 0 Å². The summed E-state index contributed by atoms with van der Waals surface area (Å²) < 4.78 is 36.8. The molecule has 0 spiro atoms. The number of benzene rings is 4. The van der Waals surface area contributed by atoms with E-state index in [1.807, 2.05) is 0 Å². The predicted octanol–water partition coefficient (Wildman–Crippen LogP) is 3.93. The van der Waals surface area contributed by atoms with E-state index in [1.165, 1.54) is 47.5 Å². The van der Waals surface area contributed by atoms with Crippen molar-refractivity contribution < 1.29 is 30.7 Å². The van der Waals surface area contributed by atoms with Crippen molar-refractivity contribution in [1.82, 2.24) is 0 Å². The minimum atomic E-state index is -1.78. The zero-order valence-corrected chi connectivity index (χ0v) is 23.2. The third kappa shape index (κ3) is 7.24. The van der Waals surface area contributed by atoms with Crippen molar-refractivity contribution in [3.8, 4) is 0 Å². The predicted molar refractivity (Wildman–Crippen MR) is 147 cm³/mol. The van der Waals surface area contributed by atoms with Gasteiger partial charge in [-0.25, -0.2) is 8.78 Å². The molecule has 4 aromatic rings. The summed E-state index contributed by atoms with van der Waals surface area (Å²) in [5, 5.41) is 4.07. The highest BCUT2D eigenvalue weighted by Gasteiger charge is 2.45. The Hall–Kier alpha value is -2.56. The molecule has 188 valence electrons. The average molecular weight is 592 g/mol. The normalized spacial score (nSPS) is 10.8. The average Bonchev–Trinajstić information content (AvgIpc) is 2.89. The fourth-order valence-electron chi connectivity index (χ4n) is 3.76. The minimum absolute atomic E-state index is 0. The smallest absolute Gasteiger partial charge is 0.170 e. The minimum Gasteiger partial charge on any atom is -1.00 e. The first-order valence-electron chi connectivity index (χ1n) is 10.9. The molecule has 0 atom stereocenters. The molecule has 0 aromatic heterocycles. The lowest BCUT2D eigenvalue weighted by atomic mass is 10.2. The van der Waals surface area contributed by atoms with Gasteiger partial charge in [-0.1, -0.05) is 70.5 Å². The Morgan fingerprint density at radius 2 is 1.11 bits per heavy atom. The molecule has 7 heteroatoms. The second-order valence-corrected chi connectivity index (χ2v) is 11.9. The first kappa shape index (κ1) is 29.7. The van der Waals surface area contributed by atoms with Crippen LogP contribution in [-0.4, -0.2) is 20.6 Å². The van der Waals surface area contributed by atoms with Crippen LogP contribution in [0.2, 0.25) is 0 Å². The highest BCUT2D eigenvalue weighted by molar-refractivity contribution is 9.10. The molecule has 0 aliphatic heterocycles. The van der Waals surface area contributed by atoms with Gasteiger partial charge in [0.05, 0.1) is 13.4 Å². The van der Waals surface area contributed by atoms with Crippen LogP contribution in [-0.2, 0) is 9.47 Å². The Kier molecular flexibility index (Phi) is 12.3. The molecule has 0 heterocycles. The van der Waals surface area contributed by atoms with E-state index in [2.05, 4.69) is 112 Å². The standard InChI is InChI=1S/C20H20OP.C9H7BrF2O.ClH/c1-21-17-22(18-11-5-2-6-12-18,19-13-7-3-8-14-19)20-15-9-4-10-16-20;1-13-3-2-7-8(11)4-6(10)5-9(7)12;/h2-16H,17H2,1H3;2-5H,1H3;1H/q+1;;/p-1. The second-order valence-electron chi connectivity index (χ2n) is 7.56. The Morgan fingerprint density at radius 3 is 1.44 bits per heavy atom. The monoisotopic (exact) mass is 590 g/mol. The van der Waals surface area contributed by atoms with Crippen LogP contribution in [0.25, 0.3) is 6.08 Å². The second kappa shape index (κ2) is 14.9. The summed E-state index contributed by atoms with van der Waals surface area (Å²) in [6.45, 7) is 0. The molecule has 4 aromatic carbocycles. The Morgan fingerprint density at radius 1 is 0.722 bits per heavy atom. The molecule has 0 N–H and O–H groups in total. The first-order valence-corrected chi connectivity index (χ1v) is 13.7. The lowest BCUT2D eigenvalue weighted by Gasteiger charge is -2.26. The van der Waals surface area contributed by atoms with Gasteiger partial charge < -0.3 is 21.9 Å². The van der Waals surface area contributed by atoms with Crippen molar-refractivity contribution in [2.24, 2.45) is 0 Å². The van der Waals surface area contributed by atoms with E-state index >= 15 is 0 Å². The van der Waals surface area contributed by atoms with Crippen molar-refractivity contribution in [1.29, 1.82) is 0 Å². The third-order valence-electron chi connectivity index (χ3n) is 5.33. The summed E-state index contributed by atoms with van der Waals surface area (Å²) in [5.41, 5.74) is -0.106. The molecule has 0 bridgehead atoms. The highest BCUT2D eigenvalue weighted by atomic mass is 79.9. The van der Waals surface area contributed by atoms with Crippen LogP contribution in [0.15, 0.2) is 114 Å². The van der Waals surface area contributed by atoms with E-state index < -0.39 is 18.9 Å². The molecular formula is C29H27BrClF2O2P. The number of rotatable bonds is 7. The van der Waals surface area contributed by atoms with E-state index in [0.29, 0.717) is 10.8 Å². The van der Waals surface area contributed by atoms with Gasteiger partial charge in [0, 0.05) is 17.1 Å². The Bertz CT molecular complexity index is 1110. The van der Waals surface area contributed by atoms with Crippen molar-refractivity contribution in [3.05, 3.63) is 131 Å². The first-order chi connectivity index (χ1) is 17.0. The quantitative estimate of drug-likeness (QED) is 0.240. The maximum atomic E-state index is 13.1. The van der Waals surface area contributed by atoms with E-state index in [4.69, 9.17) is 4.74 Å². The maximum absolute atomic E-state index is 13.1. The molecular weight excluding hydrogens is 565 g/mol. The van der Waals surface area contributed by atoms with Crippen molar-refractivity contribution >= 4 is 45.2 Å². The summed E-state index contributed by atoms with van der Waals surface area (Å²) in [5.74, 6) is -1.25. The summed E-state index contributed by atoms with van der Waals surface area (Å²) in [6.07, 6.45) is 3.16. The van der Waals surface area contributed by atoms with Crippen LogP contribution >= 0.6 is 23.2 Å². The summed E-state index contributed by atoms with van der Waals surface area (Å²) in [4.78, 5) is 0. The van der Waals surface area contributed by atoms with Crippen molar-refractivity contribution in [2.75, 3.05) is 20.6 Å². The zero-order chi connectivity index (χ0) is 25.1. The van der Waals surface area contributed by atoms with Crippen molar-refractivity contribution in [2.45, 2.75) is 0 Å². The molecule has 0 radical (unpaired) electrons. The molecule has 0 aliphatic carbocycles. The van der Waals surface area contributed by atoms with E-state index in [9.17, 15) is 8.78 Å². The summed E-state index contributed by atoms with van der Waals surface area (Å²) >= 11 is 2.98. The van der Waals surface area contributed by atoms with Crippen LogP contribution < -0.4 is 28.3 Å². The third-order valence-corrected chi connectivity index (χ3v) is 9.97. The number of ether oxygens (including phenoxy) is 2. The van der Waals surface area contributed by atoms with Gasteiger partial charge in [-0.3, -0.25) is 0 Å². The lowest BCUT2D eigenvalue weighted by Crippen LogP contribution is -3.00. The van der Waals surface area contributed by atoms with Gasteiger partial charge in [0.1, 0.15) is 34.8 Å². The summed E-state index contributed by atoms with van der Waals surface area (Å²) in [6, 6.07) is 34.7. The molecule has 0 fully saturated rings. The number of hydrogen-bond acceptors (Lipinski definition) is 2. The highest BCUT2D eigenvalue weighted by Crippen LogP contribution is 2.54. The number of halogens is 4. The van der Waals surface area contributed by atoms with E-state index in [0.717, 1.165) is 0 Å².